The number of carbonyl (C=O) groups is 2. The third-order valence-corrected chi connectivity index (χ3v) is 2.67. The number of nitrogens with zero attached hydrogens (tertiary/aromatic N) is 1. The van der Waals surface area contributed by atoms with Crippen LogP contribution in [0.15, 0.2) is 18.2 Å². The molecule has 1 aromatic carbocycles. The molecular weight excluding hydrogens is 209 g/mol. The summed E-state index contributed by atoms with van der Waals surface area (Å²) >= 11 is 0. The molecule has 0 aliphatic carbocycles. The van der Waals surface area contributed by atoms with E-state index in [0.717, 1.165) is 10.5 Å². The van der Waals surface area contributed by atoms with Gasteiger partial charge in [0.05, 0.1) is 5.56 Å². The van der Waals surface area contributed by atoms with Gasteiger partial charge in [-0.3, -0.25) is 14.5 Å². The third kappa shape index (κ3) is 1.83. The van der Waals surface area contributed by atoms with Crippen LogP contribution in [0.2, 0.25) is 0 Å². The monoisotopic (exact) mass is 221 g/mol. The number of imide groups is 1. The van der Waals surface area contributed by atoms with Gasteiger partial charge in [0.1, 0.15) is 5.82 Å². The van der Waals surface area contributed by atoms with Crippen LogP contribution in [0.3, 0.4) is 0 Å². The standard InChI is InChI=1S/C12H12FNO2/c1-8-4-5-10(13)9(7-8)12(16)14-6-2-3-11(14)15/h4-5,7H,2-3,6H2,1H3. The molecule has 1 aliphatic rings. The van der Waals surface area contributed by atoms with Crippen molar-refractivity contribution in [3.8, 4) is 0 Å². The van der Waals surface area contributed by atoms with E-state index in [4.69, 9.17) is 0 Å². The Balaban J connectivity index is 2.33. The molecule has 1 aromatic rings. The van der Waals surface area contributed by atoms with E-state index in [-0.39, 0.29) is 11.5 Å². The lowest BCUT2D eigenvalue weighted by Gasteiger charge is -2.14. The zero-order chi connectivity index (χ0) is 11.7. The van der Waals surface area contributed by atoms with Crippen molar-refractivity contribution >= 4 is 11.8 Å². The number of halogens is 1. The normalized spacial score (nSPS) is 15.6. The summed E-state index contributed by atoms with van der Waals surface area (Å²) in [4.78, 5) is 24.4. The van der Waals surface area contributed by atoms with E-state index >= 15 is 0 Å². The number of rotatable bonds is 1. The van der Waals surface area contributed by atoms with Crippen molar-refractivity contribution in [3.05, 3.63) is 35.1 Å². The third-order valence-electron chi connectivity index (χ3n) is 2.67. The van der Waals surface area contributed by atoms with Crippen molar-refractivity contribution in [1.82, 2.24) is 4.90 Å². The first kappa shape index (κ1) is 10.8. The van der Waals surface area contributed by atoms with Crippen molar-refractivity contribution in [3.63, 3.8) is 0 Å². The summed E-state index contributed by atoms with van der Waals surface area (Å²) in [7, 11) is 0. The van der Waals surface area contributed by atoms with Crippen molar-refractivity contribution < 1.29 is 14.0 Å². The number of carbonyl (C=O) groups excluding carboxylic acids is 2. The average molecular weight is 221 g/mol. The highest BCUT2D eigenvalue weighted by Crippen LogP contribution is 2.17. The predicted octanol–water partition coefficient (Wildman–Crippen LogP) is 1.90. The molecule has 0 unspecified atom stereocenters. The molecular formula is C12H12FNO2. The Morgan fingerprint density at radius 3 is 2.81 bits per heavy atom. The summed E-state index contributed by atoms with van der Waals surface area (Å²) in [6, 6.07) is 4.32. The fourth-order valence-corrected chi connectivity index (χ4v) is 1.81. The van der Waals surface area contributed by atoms with E-state index in [1.165, 1.54) is 12.1 Å². The summed E-state index contributed by atoms with van der Waals surface area (Å²) in [5, 5.41) is 0. The van der Waals surface area contributed by atoms with Crippen LogP contribution < -0.4 is 0 Å². The second kappa shape index (κ2) is 4.04. The summed E-state index contributed by atoms with van der Waals surface area (Å²) in [5.41, 5.74) is 0.784. The number of hydrogen-bond acceptors (Lipinski definition) is 2. The van der Waals surface area contributed by atoms with Gasteiger partial charge in [0, 0.05) is 13.0 Å². The minimum absolute atomic E-state index is 0.0183. The van der Waals surface area contributed by atoms with Gasteiger partial charge in [-0.1, -0.05) is 11.6 Å². The van der Waals surface area contributed by atoms with Gasteiger partial charge in [0.2, 0.25) is 5.91 Å². The van der Waals surface area contributed by atoms with Crippen molar-refractivity contribution in [2.24, 2.45) is 0 Å². The Kier molecular flexibility index (Phi) is 2.73. The molecule has 1 fully saturated rings. The molecule has 1 heterocycles. The van der Waals surface area contributed by atoms with Gasteiger partial charge >= 0.3 is 0 Å². The number of aryl methyl sites for hydroxylation is 1. The molecule has 3 nitrogen and oxygen atoms in total. The van der Waals surface area contributed by atoms with Gasteiger partial charge in [0.15, 0.2) is 0 Å². The molecule has 0 atom stereocenters. The van der Waals surface area contributed by atoms with E-state index in [0.29, 0.717) is 19.4 Å². The van der Waals surface area contributed by atoms with Gasteiger partial charge in [-0.05, 0) is 25.5 Å². The maximum atomic E-state index is 13.4. The minimum atomic E-state index is -0.574. The van der Waals surface area contributed by atoms with Crippen molar-refractivity contribution in [2.75, 3.05) is 6.54 Å². The lowest BCUT2D eigenvalue weighted by atomic mass is 10.1. The molecule has 0 saturated carbocycles. The van der Waals surface area contributed by atoms with Gasteiger partial charge in [-0.25, -0.2) is 4.39 Å². The number of hydrogen-bond donors (Lipinski definition) is 0. The zero-order valence-electron chi connectivity index (χ0n) is 9.00. The Hall–Kier alpha value is -1.71. The Labute approximate surface area is 92.9 Å². The Morgan fingerprint density at radius 2 is 2.19 bits per heavy atom. The Bertz CT molecular complexity index is 456. The van der Waals surface area contributed by atoms with Crippen molar-refractivity contribution in [2.45, 2.75) is 19.8 Å². The molecule has 4 heteroatoms. The van der Waals surface area contributed by atoms with Crippen LogP contribution in [0.1, 0.15) is 28.8 Å². The predicted molar refractivity (Wildman–Crippen MR) is 56.4 cm³/mol. The number of benzene rings is 1. The summed E-state index contributed by atoms with van der Waals surface area (Å²) in [6.45, 7) is 2.17. The van der Waals surface area contributed by atoms with E-state index < -0.39 is 11.7 Å². The van der Waals surface area contributed by atoms with Crippen LogP contribution in [-0.4, -0.2) is 23.3 Å². The van der Waals surface area contributed by atoms with E-state index in [9.17, 15) is 14.0 Å². The van der Waals surface area contributed by atoms with E-state index in [1.807, 2.05) is 0 Å². The second-order valence-electron chi connectivity index (χ2n) is 3.94. The molecule has 1 aliphatic heterocycles. The fourth-order valence-electron chi connectivity index (χ4n) is 1.81. The first-order chi connectivity index (χ1) is 7.59. The molecule has 0 N–H and O–H groups in total. The van der Waals surface area contributed by atoms with Crippen LogP contribution in [0.25, 0.3) is 0 Å². The zero-order valence-corrected chi connectivity index (χ0v) is 9.00. The largest absolute Gasteiger partial charge is 0.278 e. The Morgan fingerprint density at radius 1 is 1.44 bits per heavy atom. The highest BCUT2D eigenvalue weighted by Gasteiger charge is 2.28. The van der Waals surface area contributed by atoms with E-state index in [2.05, 4.69) is 0 Å². The molecule has 2 rings (SSSR count). The van der Waals surface area contributed by atoms with Crippen LogP contribution in [-0.2, 0) is 4.79 Å². The SMILES string of the molecule is Cc1ccc(F)c(C(=O)N2CCCC2=O)c1. The lowest BCUT2D eigenvalue weighted by molar-refractivity contribution is -0.125. The second-order valence-corrected chi connectivity index (χ2v) is 3.94. The van der Waals surface area contributed by atoms with Crippen LogP contribution >= 0.6 is 0 Å². The summed E-state index contributed by atoms with van der Waals surface area (Å²) in [5.74, 6) is -1.31. The fraction of sp³-hybridized carbons (Fsp3) is 0.333. The number of amides is 2. The average Bonchev–Trinajstić information content (AvgIpc) is 2.67. The van der Waals surface area contributed by atoms with Crippen LogP contribution in [0.4, 0.5) is 4.39 Å². The number of likely N-dealkylation sites (tertiary alicyclic amines) is 1. The topological polar surface area (TPSA) is 37.4 Å². The smallest absolute Gasteiger partial charge is 0.263 e. The van der Waals surface area contributed by atoms with Crippen molar-refractivity contribution in [1.29, 1.82) is 0 Å². The molecule has 1 saturated heterocycles. The van der Waals surface area contributed by atoms with Crippen LogP contribution in [0, 0.1) is 12.7 Å². The molecule has 0 bridgehead atoms. The van der Waals surface area contributed by atoms with Gasteiger partial charge in [0.25, 0.3) is 5.91 Å². The summed E-state index contributed by atoms with van der Waals surface area (Å²) in [6.07, 6.45) is 1.04. The maximum Gasteiger partial charge on any atom is 0.263 e. The molecule has 0 spiro atoms. The molecule has 16 heavy (non-hydrogen) atoms. The molecule has 84 valence electrons. The van der Waals surface area contributed by atoms with Gasteiger partial charge in [-0.2, -0.15) is 0 Å². The molecule has 2 amide bonds. The lowest BCUT2D eigenvalue weighted by Crippen LogP contribution is -2.32. The van der Waals surface area contributed by atoms with E-state index in [1.54, 1.807) is 13.0 Å². The maximum absolute atomic E-state index is 13.4. The van der Waals surface area contributed by atoms with Gasteiger partial charge < -0.3 is 0 Å². The molecule has 0 radical (unpaired) electrons. The summed E-state index contributed by atoms with van der Waals surface area (Å²) < 4.78 is 13.4. The quantitative estimate of drug-likeness (QED) is 0.679. The van der Waals surface area contributed by atoms with Gasteiger partial charge in [-0.15, -0.1) is 0 Å². The first-order valence-corrected chi connectivity index (χ1v) is 5.20. The first-order valence-electron chi connectivity index (χ1n) is 5.20. The molecule has 0 aromatic heterocycles. The van der Waals surface area contributed by atoms with Crippen LogP contribution in [0.5, 0.6) is 0 Å². The highest BCUT2D eigenvalue weighted by molar-refractivity contribution is 6.05. The highest BCUT2D eigenvalue weighted by atomic mass is 19.1. The minimum Gasteiger partial charge on any atom is -0.278 e.